The van der Waals surface area contributed by atoms with E-state index in [1.165, 1.54) is 16.7 Å². The molecule has 0 amide bonds. The SMILES string of the molecule is CC(=O)c1cc2ccc(C)cc2n1Cc1cccc(C)c1. The zero-order chi connectivity index (χ0) is 15.0. The van der Waals surface area contributed by atoms with E-state index in [4.69, 9.17) is 0 Å². The van der Waals surface area contributed by atoms with Crippen molar-refractivity contribution in [2.24, 2.45) is 0 Å². The van der Waals surface area contributed by atoms with E-state index in [-0.39, 0.29) is 5.78 Å². The zero-order valence-electron chi connectivity index (χ0n) is 12.7. The highest BCUT2D eigenvalue weighted by Crippen LogP contribution is 2.23. The Morgan fingerprint density at radius 2 is 1.76 bits per heavy atom. The maximum Gasteiger partial charge on any atom is 0.176 e. The minimum absolute atomic E-state index is 0.108. The smallest absolute Gasteiger partial charge is 0.176 e. The van der Waals surface area contributed by atoms with Crippen molar-refractivity contribution in [2.75, 3.05) is 0 Å². The van der Waals surface area contributed by atoms with Crippen LogP contribution in [-0.2, 0) is 6.54 Å². The molecule has 0 atom stereocenters. The molecule has 0 N–H and O–H groups in total. The van der Waals surface area contributed by atoms with Crippen molar-refractivity contribution in [2.45, 2.75) is 27.3 Å². The molecule has 21 heavy (non-hydrogen) atoms. The summed E-state index contributed by atoms with van der Waals surface area (Å²) in [7, 11) is 0. The summed E-state index contributed by atoms with van der Waals surface area (Å²) in [6.45, 7) is 6.53. The van der Waals surface area contributed by atoms with Gasteiger partial charge in [-0.15, -0.1) is 0 Å². The Hall–Kier alpha value is -2.35. The Kier molecular flexibility index (Phi) is 3.38. The van der Waals surface area contributed by atoms with Gasteiger partial charge in [0.05, 0.1) is 5.69 Å². The second kappa shape index (κ2) is 5.21. The maximum absolute atomic E-state index is 12.0. The topological polar surface area (TPSA) is 22.0 Å². The van der Waals surface area contributed by atoms with Gasteiger partial charge in [0.15, 0.2) is 5.78 Å². The van der Waals surface area contributed by atoms with Gasteiger partial charge in [0.1, 0.15) is 0 Å². The third-order valence-corrected chi connectivity index (χ3v) is 3.84. The number of carbonyl (C=O) groups excluding carboxylic acids is 1. The zero-order valence-corrected chi connectivity index (χ0v) is 12.7. The van der Waals surface area contributed by atoms with Crippen LogP contribution >= 0.6 is 0 Å². The summed E-state index contributed by atoms with van der Waals surface area (Å²) in [5.41, 5.74) is 5.57. The first kappa shape index (κ1) is 13.6. The molecular formula is C19H19NO. The van der Waals surface area contributed by atoms with Crippen molar-refractivity contribution in [3.8, 4) is 0 Å². The van der Waals surface area contributed by atoms with E-state index >= 15 is 0 Å². The number of aryl methyl sites for hydroxylation is 2. The molecule has 3 rings (SSSR count). The lowest BCUT2D eigenvalue weighted by molar-refractivity contribution is 0.101. The molecule has 0 aliphatic heterocycles. The number of fused-ring (bicyclic) bond motifs is 1. The van der Waals surface area contributed by atoms with E-state index in [1.54, 1.807) is 6.92 Å². The highest BCUT2D eigenvalue weighted by molar-refractivity contribution is 5.98. The fourth-order valence-corrected chi connectivity index (χ4v) is 2.82. The molecule has 0 aliphatic rings. The van der Waals surface area contributed by atoms with E-state index in [2.05, 4.69) is 60.9 Å². The van der Waals surface area contributed by atoms with Gasteiger partial charge in [0.2, 0.25) is 0 Å². The standard InChI is InChI=1S/C19H19NO/c1-13-5-4-6-16(9-13)12-20-18(15(3)21)11-17-8-7-14(2)10-19(17)20/h4-11H,12H2,1-3H3. The lowest BCUT2D eigenvalue weighted by atomic mass is 10.1. The monoisotopic (exact) mass is 277 g/mol. The molecule has 0 saturated heterocycles. The molecule has 106 valence electrons. The number of carbonyl (C=O) groups is 1. The van der Waals surface area contributed by atoms with E-state index < -0.39 is 0 Å². The third-order valence-electron chi connectivity index (χ3n) is 3.84. The summed E-state index contributed by atoms with van der Waals surface area (Å²) in [4.78, 5) is 12.0. The van der Waals surface area contributed by atoms with Crippen LogP contribution in [0.25, 0.3) is 10.9 Å². The summed E-state index contributed by atoms with van der Waals surface area (Å²) in [6, 6.07) is 16.8. The third kappa shape index (κ3) is 2.62. The van der Waals surface area contributed by atoms with Gasteiger partial charge >= 0.3 is 0 Å². The number of hydrogen-bond acceptors (Lipinski definition) is 1. The molecule has 2 aromatic carbocycles. The van der Waals surface area contributed by atoms with Gasteiger partial charge in [0, 0.05) is 24.4 Å². The van der Waals surface area contributed by atoms with Crippen LogP contribution in [0.15, 0.2) is 48.5 Å². The van der Waals surface area contributed by atoms with E-state index in [9.17, 15) is 4.79 Å². The summed E-state index contributed by atoms with van der Waals surface area (Å²) in [5.74, 6) is 0.108. The van der Waals surface area contributed by atoms with Gasteiger partial charge in [-0.1, -0.05) is 42.0 Å². The molecule has 0 unspecified atom stereocenters. The van der Waals surface area contributed by atoms with Gasteiger partial charge in [-0.05, 0) is 37.1 Å². The molecule has 3 aromatic rings. The highest BCUT2D eigenvalue weighted by atomic mass is 16.1. The predicted octanol–water partition coefficient (Wildman–Crippen LogP) is 4.51. The highest BCUT2D eigenvalue weighted by Gasteiger charge is 2.12. The first-order valence-corrected chi connectivity index (χ1v) is 7.21. The lowest BCUT2D eigenvalue weighted by Crippen LogP contribution is -2.07. The Labute approximate surface area is 125 Å². The minimum Gasteiger partial charge on any atom is -0.334 e. The fourth-order valence-electron chi connectivity index (χ4n) is 2.82. The first-order chi connectivity index (χ1) is 10.0. The van der Waals surface area contributed by atoms with E-state index in [1.807, 2.05) is 6.07 Å². The Bertz CT molecular complexity index is 827. The van der Waals surface area contributed by atoms with Crippen molar-refractivity contribution in [3.63, 3.8) is 0 Å². The van der Waals surface area contributed by atoms with Crippen molar-refractivity contribution in [3.05, 3.63) is 70.9 Å². The number of rotatable bonds is 3. The number of Topliss-reactive ketones (excluding diaryl/α,β-unsaturated/α-hetero) is 1. The largest absolute Gasteiger partial charge is 0.334 e. The lowest BCUT2D eigenvalue weighted by Gasteiger charge is -2.10. The number of nitrogens with zero attached hydrogens (tertiary/aromatic N) is 1. The van der Waals surface area contributed by atoms with Crippen LogP contribution in [0, 0.1) is 13.8 Å². The second-order valence-corrected chi connectivity index (χ2v) is 5.72. The van der Waals surface area contributed by atoms with Crippen molar-refractivity contribution in [1.29, 1.82) is 0 Å². The quantitative estimate of drug-likeness (QED) is 0.646. The van der Waals surface area contributed by atoms with Crippen LogP contribution in [0.5, 0.6) is 0 Å². The summed E-state index contributed by atoms with van der Waals surface area (Å²) in [5, 5.41) is 1.12. The molecule has 0 spiro atoms. The first-order valence-electron chi connectivity index (χ1n) is 7.21. The molecular weight excluding hydrogens is 258 g/mol. The molecule has 2 nitrogen and oxygen atoms in total. The van der Waals surface area contributed by atoms with Crippen LogP contribution in [0.1, 0.15) is 34.1 Å². The number of benzene rings is 2. The number of hydrogen-bond donors (Lipinski definition) is 0. The van der Waals surface area contributed by atoms with Crippen molar-refractivity contribution in [1.82, 2.24) is 4.57 Å². The van der Waals surface area contributed by atoms with Crippen molar-refractivity contribution < 1.29 is 4.79 Å². The van der Waals surface area contributed by atoms with Crippen LogP contribution in [-0.4, -0.2) is 10.4 Å². The van der Waals surface area contributed by atoms with Gasteiger partial charge in [-0.25, -0.2) is 0 Å². The van der Waals surface area contributed by atoms with Crippen LogP contribution < -0.4 is 0 Å². The van der Waals surface area contributed by atoms with Crippen LogP contribution in [0.2, 0.25) is 0 Å². The summed E-state index contributed by atoms with van der Waals surface area (Å²) in [6.07, 6.45) is 0. The second-order valence-electron chi connectivity index (χ2n) is 5.72. The van der Waals surface area contributed by atoms with E-state index in [0.29, 0.717) is 0 Å². The molecule has 2 heteroatoms. The summed E-state index contributed by atoms with van der Waals surface area (Å²) < 4.78 is 2.12. The van der Waals surface area contributed by atoms with Gasteiger partial charge in [-0.3, -0.25) is 4.79 Å². The fraction of sp³-hybridized carbons (Fsp3) is 0.211. The number of aromatic nitrogens is 1. The van der Waals surface area contributed by atoms with Crippen LogP contribution in [0.3, 0.4) is 0 Å². The average Bonchev–Trinajstić information content (AvgIpc) is 2.77. The van der Waals surface area contributed by atoms with Crippen molar-refractivity contribution >= 4 is 16.7 Å². The minimum atomic E-state index is 0.108. The van der Waals surface area contributed by atoms with Gasteiger partial charge in [0.25, 0.3) is 0 Å². The van der Waals surface area contributed by atoms with Gasteiger partial charge in [-0.2, -0.15) is 0 Å². The van der Waals surface area contributed by atoms with E-state index in [0.717, 1.165) is 23.1 Å². The molecule has 0 fully saturated rings. The van der Waals surface area contributed by atoms with Gasteiger partial charge < -0.3 is 4.57 Å². The average molecular weight is 277 g/mol. The molecule has 0 aliphatic carbocycles. The van der Waals surface area contributed by atoms with Crippen LogP contribution in [0.4, 0.5) is 0 Å². The summed E-state index contributed by atoms with van der Waals surface area (Å²) >= 11 is 0. The number of ketones is 1. The predicted molar refractivity (Wildman–Crippen MR) is 87.0 cm³/mol. The molecule has 0 radical (unpaired) electrons. The Balaban J connectivity index is 2.17. The molecule has 1 aromatic heterocycles. The Morgan fingerprint density at radius 3 is 2.48 bits per heavy atom. The maximum atomic E-state index is 12.0. The normalized spacial score (nSPS) is 11.0. The molecule has 0 bridgehead atoms. The Morgan fingerprint density at radius 1 is 1.00 bits per heavy atom. The molecule has 1 heterocycles. The molecule has 0 saturated carbocycles.